The van der Waals surface area contributed by atoms with Crippen LogP contribution in [0, 0.1) is 0 Å². The minimum atomic E-state index is 0.422. The Morgan fingerprint density at radius 1 is 1.42 bits per heavy atom. The van der Waals surface area contributed by atoms with Crippen molar-refractivity contribution in [3.8, 4) is 0 Å². The molecule has 1 unspecified atom stereocenters. The minimum absolute atomic E-state index is 0.422. The molecule has 0 bridgehead atoms. The highest BCUT2D eigenvalue weighted by molar-refractivity contribution is 9.08. The molecular formula is C15H15BrClNS. The maximum atomic E-state index is 6.32. The average Bonchev–Trinajstić information content (AvgIpc) is 2.88. The highest BCUT2D eigenvalue weighted by Crippen LogP contribution is 2.39. The fourth-order valence-electron chi connectivity index (χ4n) is 2.79. The van der Waals surface area contributed by atoms with E-state index in [0.717, 1.165) is 23.3 Å². The fourth-order valence-corrected chi connectivity index (χ4v) is 4.74. The summed E-state index contributed by atoms with van der Waals surface area (Å²) < 4.78 is 0. The second-order valence-electron chi connectivity index (χ2n) is 4.79. The molecular weight excluding hydrogens is 342 g/mol. The van der Waals surface area contributed by atoms with Crippen molar-refractivity contribution in [2.24, 2.45) is 0 Å². The first kappa shape index (κ1) is 13.5. The first-order chi connectivity index (χ1) is 9.22. The van der Waals surface area contributed by atoms with E-state index >= 15 is 0 Å². The molecule has 3 rings (SSSR count). The lowest BCUT2D eigenvalue weighted by atomic mass is 9.99. The van der Waals surface area contributed by atoms with E-state index in [4.69, 9.17) is 11.6 Å². The van der Waals surface area contributed by atoms with Crippen molar-refractivity contribution in [3.63, 3.8) is 0 Å². The van der Waals surface area contributed by atoms with Crippen molar-refractivity contribution in [3.05, 3.63) is 50.7 Å². The van der Waals surface area contributed by atoms with Crippen LogP contribution in [0.4, 0.5) is 5.69 Å². The second kappa shape index (κ2) is 5.47. The Balaban J connectivity index is 2.02. The third kappa shape index (κ3) is 2.32. The predicted molar refractivity (Wildman–Crippen MR) is 87.9 cm³/mol. The molecule has 1 aliphatic rings. The predicted octanol–water partition coefficient (Wildman–Crippen LogP) is 5.42. The van der Waals surface area contributed by atoms with Gasteiger partial charge in [0.2, 0.25) is 0 Å². The standard InChI is InChI=1S/C15H15BrClNS/c1-10-11-6-8-19-15(11)5-7-18(10)14-4-2-3-13(17)12(14)9-16/h2-4,6,8,10H,5,7,9H2,1H3. The lowest BCUT2D eigenvalue weighted by Crippen LogP contribution is -2.33. The molecule has 2 heterocycles. The van der Waals surface area contributed by atoms with E-state index in [-0.39, 0.29) is 0 Å². The van der Waals surface area contributed by atoms with Crippen molar-refractivity contribution in [2.75, 3.05) is 11.4 Å². The van der Waals surface area contributed by atoms with E-state index in [0.29, 0.717) is 6.04 Å². The number of benzene rings is 1. The van der Waals surface area contributed by atoms with Gasteiger partial charge >= 0.3 is 0 Å². The number of nitrogens with zero attached hydrogens (tertiary/aromatic N) is 1. The Morgan fingerprint density at radius 3 is 3.05 bits per heavy atom. The van der Waals surface area contributed by atoms with Gasteiger partial charge in [0.15, 0.2) is 0 Å². The third-order valence-electron chi connectivity index (χ3n) is 3.81. The van der Waals surface area contributed by atoms with Crippen LogP contribution < -0.4 is 4.90 Å². The normalized spacial score (nSPS) is 18.5. The Kier molecular flexibility index (Phi) is 3.88. The van der Waals surface area contributed by atoms with Crippen molar-refractivity contribution in [1.29, 1.82) is 0 Å². The maximum absolute atomic E-state index is 6.32. The van der Waals surface area contributed by atoms with Crippen LogP contribution in [0.25, 0.3) is 0 Å². The van der Waals surface area contributed by atoms with Crippen LogP contribution in [-0.2, 0) is 11.8 Å². The van der Waals surface area contributed by atoms with Gasteiger partial charge in [-0.15, -0.1) is 11.3 Å². The van der Waals surface area contributed by atoms with Gasteiger partial charge in [-0.25, -0.2) is 0 Å². The van der Waals surface area contributed by atoms with Gasteiger partial charge in [-0.3, -0.25) is 0 Å². The van der Waals surface area contributed by atoms with Crippen LogP contribution in [0.1, 0.15) is 29.0 Å². The zero-order chi connectivity index (χ0) is 13.4. The van der Waals surface area contributed by atoms with Crippen LogP contribution >= 0.6 is 38.9 Å². The van der Waals surface area contributed by atoms with E-state index in [1.54, 1.807) is 0 Å². The van der Waals surface area contributed by atoms with Crippen LogP contribution in [-0.4, -0.2) is 6.54 Å². The summed E-state index contributed by atoms with van der Waals surface area (Å²) in [6.07, 6.45) is 1.13. The highest BCUT2D eigenvalue weighted by Gasteiger charge is 2.26. The topological polar surface area (TPSA) is 3.24 Å². The average molecular weight is 357 g/mol. The van der Waals surface area contributed by atoms with Crippen LogP contribution in [0.2, 0.25) is 5.02 Å². The Labute approximate surface area is 131 Å². The van der Waals surface area contributed by atoms with Gasteiger partial charge in [0.1, 0.15) is 0 Å². The van der Waals surface area contributed by atoms with Gasteiger partial charge in [0, 0.05) is 33.0 Å². The van der Waals surface area contributed by atoms with Crippen molar-refractivity contribution < 1.29 is 0 Å². The van der Waals surface area contributed by atoms with Crippen molar-refractivity contribution >= 4 is 44.6 Å². The monoisotopic (exact) mass is 355 g/mol. The summed E-state index contributed by atoms with van der Waals surface area (Å²) in [5.74, 6) is 0. The van der Waals surface area contributed by atoms with E-state index in [2.05, 4.69) is 45.3 Å². The minimum Gasteiger partial charge on any atom is -0.364 e. The summed E-state index contributed by atoms with van der Waals surface area (Å²) >= 11 is 11.8. The number of hydrogen-bond acceptors (Lipinski definition) is 2. The number of halogens is 2. The Morgan fingerprint density at radius 2 is 2.26 bits per heavy atom. The van der Waals surface area contributed by atoms with E-state index < -0.39 is 0 Å². The molecule has 1 atom stereocenters. The molecule has 4 heteroatoms. The first-order valence-electron chi connectivity index (χ1n) is 6.38. The number of thiophene rings is 1. The highest BCUT2D eigenvalue weighted by atomic mass is 79.9. The van der Waals surface area contributed by atoms with Gasteiger partial charge in [0.05, 0.1) is 6.04 Å². The molecule has 0 aliphatic carbocycles. The van der Waals surface area contributed by atoms with Gasteiger partial charge in [-0.05, 0) is 42.5 Å². The van der Waals surface area contributed by atoms with Crippen LogP contribution in [0.3, 0.4) is 0 Å². The molecule has 0 fully saturated rings. The molecule has 19 heavy (non-hydrogen) atoms. The van der Waals surface area contributed by atoms with E-state index in [9.17, 15) is 0 Å². The maximum Gasteiger partial charge on any atom is 0.0525 e. The second-order valence-corrected chi connectivity index (χ2v) is 6.76. The summed E-state index contributed by atoms with van der Waals surface area (Å²) in [7, 11) is 0. The molecule has 1 nitrogen and oxygen atoms in total. The van der Waals surface area contributed by atoms with Crippen molar-refractivity contribution in [2.45, 2.75) is 24.7 Å². The summed E-state index contributed by atoms with van der Waals surface area (Å²) in [5.41, 5.74) is 3.92. The number of alkyl halides is 1. The smallest absolute Gasteiger partial charge is 0.0525 e. The quantitative estimate of drug-likeness (QED) is 0.649. The number of anilines is 1. The van der Waals surface area contributed by atoms with E-state index in [1.165, 1.54) is 21.7 Å². The van der Waals surface area contributed by atoms with Crippen molar-refractivity contribution in [1.82, 2.24) is 0 Å². The molecule has 1 aliphatic heterocycles. The first-order valence-corrected chi connectivity index (χ1v) is 8.76. The molecule has 0 amide bonds. The Hall–Kier alpha value is -0.510. The van der Waals surface area contributed by atoms with Crippen LogP contribution in [0.5, 0.6) is 0 Å². The number of hydrogen-bond donors (Lipinski definition) is 0. The molecule has 2 aromatic rings. The zero-order valence-corrected chi connectivity index (χ0v) is 13.9. The SMILES string of the molecule is CC1c2ccsc2CCN1c1cccc(Cl)c1CBr. The molecule has 0 N–H and O–H groups in total. The molecule has 1 aromatic carbocycles. The lowest BCUT2D eigenvalue weighted by Gasteiger charge is -2.37. The summed E-state index contributed by atoms with van der Waals surface area (Å²) in [6, 6.07) is 8.86. The summed E-state index contributed by atoms with van der Waals surface area (Å²) in [5, 5.41) is 3.84. The summed E-state index contributed by atoms with van der Waals surface area (Å²) in [4.78, 5) is 4.00. The van der Waals surface area contributed by atoms with E-state index in [1.807, 2.05) is 23.5 Å². The Bertz CT molecular complexity index is 596. The van der Waals surface area contributed by atoms with Gasteiger partial charge in [0.25, 0.3) is 0 Å². The third-order valence-corrected chi connectivity index (χ3v) is 5.73. The van der Waals surface area contributed by atoms with Crippen LogP contribution in [0.15, 0.2) is 29.6 Å². The zero-order valence-electron chi connectivity index (χ0n) is 10.7. The molecule has 0 saturated carbocycles. The molecule has 0 radical (unpaired) electrons. The summed E-state index contributed by atoms with van der Waals surface area (Å²) in [6.45, 7) is 3.35. The molecule has 1 aromatic heterocycles. The lowest BCUT2D eigenvalue weighted by molar-refractivity contribution is 0.631. The number of fused-ring (bicyclic) bond motifs is 1. The number of rotatable bonds is 2. The molecule has 100 valence electrons. The molecule has 0 saturated heterocycles. The molecule has 0 spiro atoms. The van der Waals surface area contributed by atoms with Gasteiger partial charge in [-0.2, -0.15) is 0 Å². The van der Waals surface area contributed by atoms with Gasteiger partial charge < -0.3 is 4.90 Å². The largest absolute Gasteiger partial charge is 0.364 e. The van der Waals surface area contributed by atoms with Gasteiger partial charge in [-0.1, -0.05) is 33.6 Å². The fraction of sp³-hybridized carbons (Fsp3) is 0.333.